The molecule has 2 atom stereocenters. The second-order valence-electron chi connectivity index (χ2n) is 5.25. The fraction of sp³-hybridized carbons (Fsp3) is 0.833. The first-order valence-electron chi connectivity index (χ1n) is 6.49. The van der Waals surface area contributed by atoms with Gasteiger partial charge in [0.15, 0.2) is 0 Å². The summed E-state index contributed by atoms with van der Waals surface area (Å²) >= 11 is 0. The van der Waals surface area contributed by atoms with Gasteiger partial charge in [-0.2, -0.15) is 0 Å². The maximum Gasteiger partial charge on any atom is 0.326 e. The van der Waals surface area contributed by atoms with Crippen LogP contribution in [-0.4, -0.2) is 77.1 Å². The fourth-order valence-electron chi connectivity index (χ4n) is 2.66. The molecule has 0 bridgehead atoms. The molecule has 0 aromatic heterocycles. The van der Waals surface area contributed by atoms with E-state index in [-0.39, 0.29) is 6.03 Å². The van der Waals surface area contributed by atoms with E-state index < -0.39 is 12.0 Å². The third-order valence-corrected chi connectivity index (χ3v) is 4.01. The minimum atomic E-state index is -0.886. The van der Waals surface area contributed by atoms with Gasteiger partial charge in [-0.05, 0) is 26.8 Å². The Bertz CT molecular complexity index is 347. The lowest BCUT2D eigenvalue weighted by Gasteiger charge is -2.39. The molecule has 2 amide bonds. The second kappa shape index (κ2) is 5.14. The van der Waals surface area contributed by atoms with E-state index in [1.807, 2.05) is 7.05 Å². The Morgan fingerprint density at radius 3 is 2.56 bits per heavy atom. The van der Waals surface area contributed by atoms with Gasteiger partial charge in [0, 0.05) is 32.2 Å². The van der Waals surface area contributed by atoms with Crippen LogP contribution in [0, 0.1) is 0 Å². The minimum Gasteiger partial charge on any atom is -0.480 e. The molecule has 1 N–H and O–H groups in total. The average molecular weight is 255 g/mol. The van der Waals surface area contributed by atoms with Crippen molar-refractivity contribution in [2.75, 3.05) is 33.2 Å². The van der Waals surface area contributed by atoms with Crippen LogP contribution in [0.4, 0.5) is 4.79 Å². The molecule has 18 heavy (non-hydrogen) atoms. The van der Waals surface area contributed by atoms with Crippen LogP contribution >= 0.6 is 0 Å². The summed E-state index contributed by atoms with van der Waals surface area (Å²) in [6, 6.07) is -0.416. The molecule has 0 spiro atoms. The normalized spacial score (nSPS) is 29.7. The number of carboxylic acids is 1. The number of urea groups is 1. The van der Waals surface area contributed by atoms with E-state index in [9.17, 15) is 9.59 Å². The number of carbonyl (C=O) groups excluding carboxylic acids is 1. The highest BCUT2D eigenvalue weighted by Gasteiger charge is 2.37. The van der Waals surface area contributed by atoms with Crippen molar-refractivity contribution in [2.45, 2.75) is 31.8 Å². The van der Waals surface area contributed by atoms with Gasteiger partial charge < -0.3 is 19.8 Å². The van der Waals surface area contributed by atoms with Gasteiger partial charge >= 0.3 is 12.0 Å². The smallest absolute Gasteiger partial charge is 0.326 e. The molecule has 2 rings (SSSR count). The van der Waals surface area contributed by atoms with E-state index in [1.165, 1.54) is 4.90 Å². The Balaban J connectivity index is 2.01. The molecular weight excluding hydrogens is 234 g/mol. The van der Waals surface area contributed by atoms with Crippen molar-refractivity contribution in [1.82, 2.24) is 14.7 Å². The SMILES string of the molecule is CC1CN(C(=O)N2CCCC2C(=O)O)CCN1C. The molecule has 2 aliphatic rings. The van der Waals surface area contributed by atoms with E-state index in [0.717, 1.165) is 13.0 Å². The number of piperazine rings is 1. The fourth-order valence-corrected chi connectivity index (χ4v) is 2.66. The maximum atomic E-state index is 12.3. The standard InChI is InChI=1S/C12H21N3O3/c1-9-8-14(7-6-13(9)2)12(18)15-5-3-4-10(15)11(16)17/h9-10H,3-8H2,1-2H3,(H,16,17). The maximum absolute atomic E-state index is 12.3. The van der Waals surface area contributed by atoms with Crippen molar-refractivity contribution < 1.29 is 14.7 Å². The number of hydrogen-bond acceptors (Lipinski definition) is 3. The zero-order valence-corrected chi connectivity index (χ0v) is 11.0. The predicted octanol–water partition coefficient (Wildman–Crippen LogP) is 0.291. The lowest BCUT2D eigenvalue weighted by molar-refractivity contribution is -0.141. The monoisotopic (exact) mass is 255 g/mol. The summed E-state index contributed by atoms with van der Waals surface area (Å²) in [5, 5.41) is 9.10. The van der Waals surface area contributed by atoms with Crippen LogP contribution in [0.1, 0.15) is 19.8 Å². The number of aliphatic carboxylic acids is 1. The Hall–Kier alpha value is -1.30. The molecule has 6 nitrogen and oxygen atoms in total. The van der Waals surface area contributed by atoms with E-state index in [1.54, 1.807) is 4.90 Å². The van der Waals surface area contributed by atoms with Gasteiger partial charge in [0.25, 0.3) is 0 Å². The van der Waals surface area contributed by atoms with Crippen LogP contribution in [-0.2, 0) is 4.79 Å². The molecule has 2 aliphatic heterocycles. The number of carbonyl (C=O) groups is 2. The molecule has 2 saturated heterocycles. The van der Waals surface area contributed by atoms with E-state index in [2.05, 4.69) is 11.8 Å². The van der Waals surface area contributed by atoms with Gasteiger partial charge in [-0.15, -0.1) is 0 Å². The van der Waals surface area contributed by atoms with Crippen LogP contribution < -0.4 is 0 Å². The molecule has 6 heteroatoms. The molecule has 0 aromatic carbocycles. The summed E-state index contributed by atoms with van der Waals surface area (Å²) in [4.78, 5) is 28.9. The molecule has 0 aromatic rings. The van der Waals surface area contributed by atoms with E-state index in [0.29, 0.717) is 32.1 Å². The number of carboxylic acid groups (broad SMARTS) is 1. The van der Waals surface area contributed by atoms with Gasteiger partial charge in [0.1, 0.15) is 6.04 Å². The highest BCUT2D eigenvalue weighted by atomic mass is 16.4. The van der Waals surface area contributed by atoms with Gasteiger partial charge in [-0.3, -0.25) is 0 Å². The Labute approximate surface area is 107 Å². The summed E-state index contributed by atoms with van der Waals surface area (Å²) in [5.74, 6) is -0.886. The van der Waals surface area contributed by atoms with Crippen LogP contribution in [0.15, 0.2) is 0 Å². The van der Waals surface area contributed by atoms with Crippen molar-refractivity contribution in [3.05, 3.63) is 0 Å². The number of nitrogens with zero attached hydrogens (tertiary/aromatic N) is 3. The third kappa shape index (κ3) is 2.43. The van der Waals surface area contributed by atoms with Crippen molar-refractivity contribution in [3.8, 4) is 0 Å². The molecule has 2 unspecified atom stereocenters. The van der Waals surface area contributed by atoms with Crippen molar-refractivity contribution >= 4 is 12.0 Å². The van der Waals surface area contributed by atoms with Crippen molar-refractivity contribution in [1.29, 1.82) is 0 Å². The van der Waals surface area contributed by atoms with Crippen molar-refractivity contribution in [2.24, 2.45) is 0 Å². The molecule has 2 fully saturated rings. The molecular formula is C12H21N3O3. The summed E-state index contributed by atoms with van der Waals surface area (Å²) in [6.45, 7) is 4.85. The Morgan fingerprint density at radius 1 is 1.22 bits per heavy atom. The van der Waals surface area contributed by atoms with Crippen LogP contribution in [0.5, 0.6) is 0 Å². The quantitative estimate of drug-likeness (QED) is 0.731. The molecule has 0 radical (unpaired) electrons. The summed E-state index contributed by atoms with van der Waals surface area (Å²) in [7, 11) is 2.04. The molecule has 2 heterocycles. The first-order chi connectivity index (χ1) is 8.50. The minimum absolute atomic E-state index is 0.111. The van der Waals surface area contributed by atoms with Crippen LogP contribution in [0.2, 0.25) is 0 Å². The number of hydrogen-bond donors (Lipinski definition) is 1. The predicted molar refractivity (Wildman–Crippen MR) is 66.4 cm³/mol. The Morgan fingerprint density at radius 2 is 1.94 bits per heavy atom. The summed E-state index contributed by atoms with van der Waals surface area (Å²) in [5.41, 5.74) is 0. The highest BCUT2D eigenvalue weighted by Crippen LogP contribution is 2.20. The summed E-state index contributed by atoms with van der Waals surface area (Å²) in [6.07, 6.45) is 1.36. The van der Waals surface area contributed by atoms with E-state index in [4.69, 9.17) is 5.11 Å². The lowest BCUT2D eigenvalue weighted by atomic mass is 10.2. The molecule has 0 aliphatic carbocycles. The van der Waals surface area contributed by atoms with Gasteiger partial charge in [0.05, 0.1) is 0 Å². The van der Waals surface area contributed by atoms with Crippen LogP contribution in [0.3, 0.4) is 0 Å². The molecule has 102 valence electrons. The zero-order valence-electron chi connectivity index (χ0n) is 11.0. The number of likely N-dealkylation sites (tertiary alicyclic amines) is 1. The lowest BCUT2D eigenvalue weighted by Crippen LogP contribution is -2.56. The Kier molecular flexibility index (Phi) is 3.75. The van der Waals surface area contributed by atoms with Crippen molar-refractivity contribution in [3.63, 3.8) is 0 Å². The number of rotatable bonds is 1. The second-order valence-corrected chi connectivity index (χ2v) is 5.25. The largest absolute Gasteiger partial charge is 0.480 e. The first kappa shape index (κ1) is 13.1. The van der Waals surface area contributed by atoms with Gasteiger partial charge in [-0.25, -0.2) is 9.59 Å². The first-order valence-corrected chi connectivity index (χ1v) is 6.49. The molecule has 0 saturated carbocycles. The van der Waals surface area contributed by atoms with Gasteiger partial charge in [0.2, 0.25) is 0 Å². The third-order valence-electron chi connectivity index (χ3n) is 4.01. The van der Waals surface area contributed by atoms with Gasteiger partial charge in [-0.1, -0.05) is 0 Å². The zero-order chi connectivity index (χ0) is 13.3. The number of amides is 2. The van der Waals surface area contributed by atoms with Crippen LogP contribution in [0.25, 0.3) is 0 Å². The topological polar surface area (TPSA) is 64.1 Å². The van der Waals surface area contributed by atoms with E-state index >= 15 is 0 Å². The average Bonchev–Trinajstić information content (AvgIpc) is 2.81. The number of likely N-dealkylation sites (N-methyl/N-ethyl adjacent to an activating group) is 1. The highest BCUT2D eigenvalue weighted by molar-refractivity contribution is 5.83. The summed E-state index contributed by atoms with van der Waals surface area (Å²) < 4.78 is 0.